The van der Waals surface area contributed by atoms with Gasteiger partial charge in [0.05, 0.1) is 13.2 Å². The fraction of sp³-hybridized carbons (Fsp3) is 0.571. The van der Waals surface area contributed by atoms with Crippen molar-refractivity contribution >= 4 is 11.6 Å². The predicted octanol–water partition coefficient (Wildman–Crippen LogP) is 3.14. The third-order valence-corrected chi connectivity index (χ3v) is 3.28. The van der Waals surface area contributed by atoms with Gasteiger partial charge in [0.2, 0.25) is 0 Å². The lowest BCUT2D eigenvalue weighted by Gasteiger charge is -2.21. The average Bonchev–Trinajstić information content (AvgIpc) is 2.88. The lowest BCUT2D eigenvalue weighted by molar-refractivity contribution is -0.0530. The van der Waals surface area contributed by atoms with Crippen LogP contribution in [0.15, 0.2) is 24.3 Å². The second-order valence-corrected chi connectivity index (χ2v) is 4.90. The van der Waals surface area contributed by atoms with Crippen molar-refractivity contribution in [2.45, 2.75) is 32.1 Å². The molecule has 3 nitrogen and oxygen atoms in total. The van der Waals surface area contributed by atoms with Crippen LogP contribution in [0, 0.1) is 0 Å². The summed E-state index contributed by atoms with van der Waals surface area (Å²) in [4.78, 5) is 0. The first-order valence-corrected chi connectivity index (χ1v) is 6.89. The first-order chi connectivity index (χ1) is 8.79. The molecule has 100 valence electrons. The monoisotopic (exact) mass is 269 g/mol. The van der Waals surface area contributed by atoms with Crippen molar-refractivity contribution in [3.05, 3.63) is 34.9 Å². The van der Waals surface area contributed by atoms with Crippen LogP contribution in [-0.2, 0) is 9.47 Å². The zero-order valence-corrected chi connectivity index (χ0v) is 11.5. The number of nitrogens with one attached hydrogen (secondary N) is 1. The van der Waals surface area contributed by atoms with E-state index < -0.39 is 0 Å². The first kappa shape index (κ1) is 13.8. The Kier molecular flexibility index (Phi) is 5.45. The van der Waals surface area contributed by atoms with Gasteiger partial charge in [0.1, 0.15) is 0 Å². The zero-order chi connectivity index (χ0) is 12.8. The molecule has 1 saturated heterocycles. The van der Waals surface area contributed by atoms with Gasteiger partial charge in [-0.05, 0) is 30.7 Å². The molecule has 0 radical (unpaired) electrons. The number of rotatable bonds is 6. The normalized spacial score (nSPS) is 18.1. The highest BCUT2D eigenvalue weighted by molar-refractivity contribution is 6.30. The first-order valence-electron chi connectivity index (χ1n) is 6.51. The Morgan fingerprint density at radius 2 is 1.94 bits per heavy atom. The van der Waals surface area contributed by atoms with Gasteiger partial charge < -0.3 is 14.8 Å². The third-order valence-electron chi connectivity index (χ3n) is 3.03. The van der Waals surface area contributed by atoms with Crippen molar-refractivity contribution in [3.63, 3.8) is 0 Å². The molecule has 0 aromatic heterocycles. The smallest absolute Gasteiger partial charge is 0.159 e. The van der Waals surface area contributed by atoms with E-state index in [0.29, 0.717) is 13.2 Å². The van der Waals surface area contributed by atoms with Crippen LogP contribution in [-0.4, -0.2) is 26.0 Å². The molecule has 1 N–H and O–H groups in total. The molecule has 0 aliphatic carbocycles. The lowest BCUT2D eigenvalue weighted by Crippen LogP contribution is -2.26. The molecule has 1 aromatic rings. The van der Waals surface area contributed by atoms with Gasteiger partial charge in [-0.1, -0.05) is 30.7 Å². The van der Waals surface area contributed by atoms with Gasteiger partial charge in [0.15, 0.2) is 6.29 Å². The molecular formula is C14H20ClNO2. The maximum absolute atomic E-state index is 5.92. The highest BCUT2D eigenvalue weighted by Crippen LogP contribution is 2.23. The van der Waals surface area contributed by atoms with Crippen molar-refractivity contribution < 1.29 is 9.47 Å². The van der Waals surface area contributed by atoms with Crippen molar-refractivity contribution in [3.8, 4) is 0 Å². The van der Waals surface area contributed by atoms with E-state index >= 15 is 0 Å². The Balaban J connectivity index is 2.00. The van der Waals surface area contributed by atoms with E-state index in [1.807, 2.05) is 12.1 Å². The van der Waals surface area contributed by atoms with E-state index in [0.717, 1.165) is 24.4 Å². The molecule has 2 rings (SSSR count). The van der Waals surface area contributed by atoms with Crippen LogP contribution in [0.2, 0.25) is 5.02 Å². The van der Waals surface area contributed by atoms with E-state index in [4.69, 9.17) is 21.1 Å². The summed E-state index contributed by atoms with van der Waals surface area (Å²) in [6, 6.07) is 8.22. The number of hydrogen-bond donors (Lipinski definition) is 1. The molecular weight excluding hydrogens is 250 g/mol. The minimum atomic E-state index is -0.0879. The summed E-state index contributed by atoms with van der Waals surface area (Å²) >= 11 is 5.92. The minimum absolute atomic E-state index is 0.0879. The van der Waals surface area contributed by atoms with Crippen LogP contribution >= 0.6 is 11.6 Å². The van der Waals surface area contributed by atoms with E-state index in [2.05, 4.69) is 24.4 Å². The van der Waals surface area contributed by atoms with Crippen molar-refractivity contribution in [1.82, 2.24) is 5.32 Å². The van der Waals surface area contributed by atoms with Crippen molar-refractivity contribution in [1.29, 1.82) is 0 Å². The van der Waals surface area contributed by atoms with Gasteiger partial charge in [-0.25, -0.2) is 0 Å². The highest BCUT2D eigenvalue weighted by Gasteiger charge is 2.22. The molecule has 0 amide bonds. The summed E-state index contributed by atoms with van der Waals surface area (Å²) in [5.41, 5.74) is 1.23. The molecule has 4 heteroatoms. The summed E-state index contributed by atoms with van der Waals surface area (Å²) < 4.78 is 11.0. The molecule has 1 unspecified atom stereocenters. The minimum Gasteiger partial charge on any atom is -0.350 e. The SMILES string of the molecule is CCCNC(CC1OCCO1)c1ccc(Cl)cc1. The predicted molar refractivity (Wildman–Crippen MR) is 72.8 cm³/mol. The standard InChI is InChI=1S/C14H20ClNO2/c1-2-7-16-13(10-14-17-8-9-18-14)11-3-5-12(15)6-4-11/h3-6,13-14,16H,2,7-10H2,1H3. The van der Waals surface area contributed by atoms with Crippen LogP contribution in [0.4, 0.5) is 0 Å². The topological polar surface area (TPSA) is 30.5 Å². The molecule has 1 heterocycles. The fourth-order valence-electron chi connectivity index (χ4n) is 2.09. The third kappa shape index (κ3) is 3.95. The molecule has 0 spiro atoms. The van der Waals surface area contributed by atoms with Gasteiger partial charge in [0.25, 0.3) is 0 Å². The summed E-state index contributed by atoms with van der Waals surface area (Å²) in [5.74, 6) is 0. The highest BCUT2D eigenvalue weighted by atomic mass is 35.5. The molecule has 1 aliphatic heterocycles. The Bertz CT molecular complexity index is 349. The molecule has 1 fully saturated rings. The van der Waals surface area contributed by atoms with Crippen LogP contribution < -0.4 is 5.32 Å². The second-order valence-electron chi connectivity index (χ2n) is 4.47. The molecule has 1 aliphatic rings. The van der Waals surface area contributed by atoms with Gasteiger partial charge in [-0.3, -0.25) is 0 Å². The summed E-state index contributed by atoms with van der Waals surface area (Å²) in [6.45, 7) is 4.55. The Labute approximate surface area is 113 Å². The molecule has 1 atom stereocenters. The largest absolute Gasteiger partial charge is 0.350 e. The van der Waals surface area contributed by atoms with Crippen LogP contribution in [0.5, 0.6) is 0 Å². The Morgan fingerprint density at radius 3 is 2.56 bits per heavy atom. The summed E-state index contributed by atoms with van der Waals surface area (Å²) in [7, 11) is 0. The van der Waals surface area contributed by atoms with Gasteiger partial charge in [0, 0.05) is 17.5 Å². The van der Waals surface area contributed by atoms with E-state index in [9.17, 15) is 0 Å². The maximum Gasteiger partial charge on any atom is 0.159 e. The van der Waals surface area contributed by atoms with Crippen LogP contribution in [0.25, 0.3) is 0 Å². The summed E-state index contributed by atoms with van der Waals surface area (Å²) in [6.07, 6.45) is 1.85. The number of benzene rings is 1. The molecule has 1 aromatic carbocycles. The average molecular weight is 270 g/mol. The quantitative estimate of drug-likeness (QED) is 0.861. The number of ether oxygens (including phenoxy) is 2. The van der Waals surface area contributed by atoms with Gasteiger partial charge in [-0.15, -0.1) is 0 Å². The van der Waals surface area contributed by atoms with Crippen LogP contribution in [0.1, 0.15) is 31.4 Å². The fourth-order valence-corrected chi connectivity index (χ4v) is 2.21. The Morgan fingerprint density at radius 1 is 1.28 bits per heavy atom. The lowest BCUT2D eigenvalue weighted by atomic mass is 10.0. The molecule has 18 heavy (non-hydrogen) atoms. The maximum atomic E-state index is 5.92. The van der Waals surface area contributed by atoms with E-state index in [-0.39, 0.29) is 12.3 Å². The molecule has 0 bridgehead atoms. The second kappa shape index (κ2) is 7.10. The zero-order valence-electron chi connectivity index (χ0n) is 10.7. The Hall–Kier alpha value is -0.610. The summed E-state index contributed by atoms with van der Waals surface area (Å²) in [5, 5.41) is 4.29. The van der Waals surface area contributed by atoms with Gasteiger partial charge >= 0.3 is 0 Å². The number of hydrogen-bond acceptors (Lipinski definition) is 3. The van der Waals surface area contributed by atoms with E-state index in [1.165, 1.54) is 5.56 Å². The van der Waals surface area contributed by atoms with Crippen molar-refractivity contribution in [2.24, 2.45) is 0 Å². The van der Waals surface area contributed by atoms with Crippen molar-refractivity contribution in [2.75, 3.05) is 19.8 Å². The number of halogens is 1. The van der Waals surface area contributed by atoms with E-state index in [1.54, 1.807) is 0 Å². The van der Waals surface area contributed by atoms with Gasteiger partial charge in [-0.2, -0.15) is 0 Å². The molecule has 0 saturated carbocycles. The van der Waals surface area contributed by atoms with Crippen LogP contribution in [0.3, 0.4) is 0 Å².